The Morgan fingerprint density at radius 1 is 1.43 bits per heavy atom. The number of aryl methyl sites for hydroxylation is 1. The van der Waals surface area contributed by atoms with E-state index in [2.05, 4.69) is 15.4 Å². The zero-order chi connectivity index (χ0) is 17.2. The number of hydrogen-bond donors (Lipinski definition) is 2. The molecule has 0 aliphatic carbocycles. The molecule has 10 heteroatoms. The largest absolute Gasteiger partial charge is 0.324 e. The van der Waals surface area contributed by atoms with Crippen LogP contribution in [0.25, 0.3) is 0 Å². The first-order valence-electron chi connectivity index (χ1n) is 6.44. The van der Waals surface area contributed by atoms with Crippen molar-refractivity contribution in [3.05, 3.63) is 35.4 Å². The summed E-state index contributed by atoms with van der Waals surface area (Å²) < 4.78 is 24.2. The van der Waals surface area contributed by atoms with Gasteiger partial charge in [0.05, 0.1) is 4.90 Å². The fraction of sp³-hybridized carbons (Fsp3) is 0.231. The summed E-state index contributed by atoms with van der Waals surface area (Å²) in [5, 5.41) is 20.1. The Morgan fingerprint density at radius 3 is 2.70 bits per heavy atom. The van der Waals surface area contributed by atoms with Gasteiger partial charge in [-0.1, -0.05) is 0 Å². The SMILES string of the molecule is Cc1cc(S(N)(=O)=O)cc(NC(=O)Cn2cnc(C#N)n2)c1C. The van der Waals surface area contributed by atoms with E-state index in [1.54, 1.807) is 19.9 Å². The van der Waals surface area contributed by atoms with Crippen LogP contribution in [-0.4, -0.2) is 29.1 Å². The zero-order valence-electron chi connectivity index (χ0n) is 12.4. The number of rotatable bonds is 4. The fourth-order valence-electron chi connectivity index (χ4n) is 1.88. The maximum absolute atomic E-state index is 12.0. The lowest BCUT2D eigenvalue weighted by Gasteiger charge is -2.12. The van der Waals surface area contributed by atoms with E-state index in [-0.39, 0.29) is 17.3 Å². The van der Waals surface area contributed by atoms with Gasteiger partial charge in [0.15, 0.2) is 0 Å². The van der Waals surface area contributed by atoms with E-state index in [1.165, 1.54) is 23.1 Å². The highest BCUT2D eigenvalue weighted by Crippen LogP contribution is 2.23. The summed E-state index contributed by atoms with van der Waals surface area (Å²) >= 11 is 0. The highest BCUT2D eigenvalue weighted by molar-refractivity contribution is 7.89. The number of sulfonamides is 1. The third-order valence-corrected chi connectivity index (χ3v) is 4.08. The highest BCUT2D eigenvalue weighted by atomic mass is 32.2. The number of carbonyl (C=O) groups excluding carboxylic acids is 1. The molecule has 1 aromatic heterocycles. The van der Waals surface area contributed by atoms with Gasteiger partial charge in [-0.25, -0.2) is 23.2 Å². The van der Waals surface area contributed by atoms with Crippen LogP contribution < -0.4 is 10.5 Å². The van der Waals surface area contributed by atoms with Crippen LogP contribution in [0.1, 0.15) is 17.0 Å². The Bertz CT molecular complexity index is 910. The van der Waals surface area contributed by atoms with E-state index >= 15 is 0 Å². The number of nitrogens with zero attached hydrogens (tertiary/aromatic N) is 4. The third-order valence-electron chi connectivity index (χ3n) is 3.19. The lowest BCUT2D eigenvalue weighted by atomic mass is 10.1. The van der Waals surface area contributed by atoms with Crippen molar-refractivity contribution in [2.45, 2.75) is 25.3 Å². The van der Waals surface area contributed by atoms with Crippen molar-refractivity contribution >= 4 is 21.6 Å². The maximum atomic E-state index is 12.0. The molecule has 120 valence electrons. The molecule has 0 bridgehead atoms. The predicted octanol–water partition coefficient (Wildman–Crippen LogP) is 0.0527. The van der Waals surface area contributed by atoms with Gasteiger partial charge < -0.3 is 5.32 Å². The minimum Gasteiger partial charge on any atom is -0.324 e. The topological polar surface area (TPSA) is 144 Å². The van der Waals surface area contributed by atoms with Crippen molar-refractivity contribution in [2.24, 2.45) is 5.14 Å². The van der Waals surface area contributed by atoms with Crippen LogP contribution in [0.3, 0.4) is 0 Å². The van der Waals surface area contributed by atoms with Crippen LogP contribution in [0.15, 0.2) is 23.4 Å². The molecule has 0 spiro atoms. The molecule has 23 heavy (non-hydrogen) atoms. The van der Waals surface area contributed by atoms with Crippen LogP contribution in [-0.2, 0) is 21.4 Å². The van der Waals surface area contributed by atoms with E-state index in [4.69, 9.17) is 10.4 Å². The van der Waals surface area contributed by atoms with Gasteiger partial charge in [0.2, 0.25) is 15.9 Å². The number of amides is 1. The summed E-state index contributed by atoms with van der Waals surface area (Å²) in [4.78, 5) is 15.6. The molecule has 1 amide bonds. The second kappa shape index (κ2) is 6.15. The van der Waals surface area contributed by atoms with Gasteiger partial charge in [0.25, 0.3) is 5.82 Å². The number of anilines is 1. The Balaban J connectivity index is 2.23. The molecule has 0 aliphatic heterocycles. The Kier molecular flexibility index (Phi) is 4.44. The summed E-state index contributed by atoms with van der Waals surface area (Å²) in [7, 11) is -3.87. The van der Waals surface area contributed by atoms with E-state index in [0.29, 0.717) is 11.3 Å². The second-order valence-electron chi connectivity index (χ2n) is 4.88. The summed E-state index contributed by atoms with van der Waals surface area (Å²) in [5.74, 6) is -0.477. The molecular formula is C13H14N6O3S. The monoisotopic (exact) mass is 334 g/mol. The van der Waals surface area contributed by atoms with E-state index < -0.39 is 15.9 Å². The molecule has 0 aliphatic rings. The van der Waals surface area contributed by atoms with Crippen molar-refractivity contribution in [3.8, 4) is 6.07 Å². The van der Waals surface area contributed by atoms with E-state index in [1.807, 2.05) is 0 Å². The quantitative estimate of drug-likeness (QED) is 0.808. The summed E-state index contributed by atoms with van der Waals surface area (Å²) in [6.07, 6.45) is 1.26. The summed E-state index contributed by atoms with van der Waals surface area (Å²) in [5.41, 5.74) is 1.75. The number of nitrogens with two attached hydrogens (primary N) is 1. The molecule has 0 atom stereocenters. The molecule has 9 nitrogen and oxygen atoms in total. The number of nitriles is 1. The molecule has 0 saturated carbocycles. The average Bonchev–Trinajstić information content (AvgIpc) is 2.90. The van der Waals surface area contributed by atoms with Crippen LogP contribution in [0.5, 0.6) is 0 Å². The third kappa shape index (κ3) is 3.91. The molecule has 0 fully saturated rings. The van der Waals surface area contributed by atoms with Gasteiger partial charge in [-0.15, -0.1) is 5.10 Å². The van der Waals surface area contributed by atoms with Gasteiger partial charge in [-0.2, -0.15) is 5.26 Å². The number of aromatic nitrogens is 3. The molecule has 2 aromatic rings. The van der Waals surface area contributed by atoms with Crippen molar-refractivity contribution in [2.75, 3.05) is 5.32 Å². The smallest absolute Gasteiger partial charge is 0.252 e. The maximum Gasteiger partial charge on any atom is 0.252 e. The number of hydrogen-bond acceptors (Lipinski definition) is 6. The summed E-state index contributed by atoms with van der Waals surface area (Å²) in [6, 6.07) is 4.50. The molecule has 1 aromatic carbocycles. The molecule has 1 heterocycles. The standard InChI is InChI=1S/C13H14N6O3S/c1-8-3-10(23(15,21)22)4-11(9(8)2)17-13(20)6-19-7-16-12(5-14)18-19/h3-4,7H,6H2,1-2H3,(H,17,20)(H2,15,21,22). The van der Waals surface area contributed by atoms with Crippen LogP contribution in [0.4, 0.5) is 5.69 Å². The van der Waals surface area contributed by atoms with Crippen LogP contribution >= 0.6 is 0 Å². The minimum atomic E-state index is -3.87. The first-order valence-corrected chi connectivity index (χ1v) is 7.99. The van der Waals surface area contributed by atoms with Crippen molar-refractivity contribution in [1.29, 1.82) is 5.26 Å². The van der Waals surface area contributed by atoms with Crippen molar-refractivity contribution in [3.63, 3.8) is 0 Å². The van der Waals surface area contributed by atoms with Gasteiger partial charge in [0, 0.05) is 5.69 Å². The molecule has 0 saturated heterocycles. The van der Waals surface area contributed by atoms with Crippen molar-refractivity contribution in [1.82, 2.24) is 14.8 Å². The van der Waals surface area contributed by atoms with Crippen LogP contribution in [0, 0.1) is 25.2 Å². The van der Waals surface area contributed by atoms with Crippen LogP contribution in [0.2, 0.25) is 0 Å². The Morgan fingerprint density at radius 2 is 2.13 bits per heavy atom. The van der Waals surface area contributed by atoms with Crippen molar-refractivity contribution < 1.29 is 13.2 Å². The first kappa shape index (κ1) is 16.6. The molecule has 0 radical (unpaired) electrons. The number of primary sulfonamides is 1. The lowest BCUT2D eigenvalue weighted by molar-refractivity contribution is -0.116. The number of carbonyl (C=O) groups is 1. The Labute approximate surface area is 132 Å². The van der Waals surface area contributed by atoms with Gasteiger partial charge in [0.1, 0.15) is 18.9 Å². The molecule has 2 rings (SSSR count). The number of benzene rings is 1. The fourth-order valence-corrected chi connectivity index (χ4v) is 2.50. The minimum absolute atomic E-state index is 0.0407. The first-order chi connectivity index (χ1) is 10.7. The van der Waals surface area contributed by atoms with Gasteiger partial charge >= 0.3 is 0 Å². The van der Waals surface area contributed by atoms with E-state index in [9.17, 15) is 13.2 Å². The van der Waals surface area contributed by atoms with E-state index in [0.717, 1.165) is 5.56 Å². The number of nitrogens with one attached hydrogen (secondary N) is 1. The summed E-state index contributed by atoms with van der Waals surface area (Å²) in [6.45, 7) is 3.31. The lowest BCUT2D eigenvalue weighted by Crippen LogP contribution is -2.20. The molecule has 0 unspecified atom stereocenters. The molecular weight excluding hydrogens is 320 g/mol. The average molecular weight is 334 g/mol. The van der Waals surface area contributed by atoms with Gasteiger partial charge in [-0.3, -0.25) is 4.79 Å². The van der Waals surface area contributed by atoms with Gasteiger partial charge in [-0.05, 0) is 37.1 Å². The second-order valence-corrected chi connectivity index (χ2v) is 6.44. The highest BCUT2D eigenvalue weighted by Gasteiger charge is 2.14. The predicted molar refractivity (Wildman–Crippen MR) is 80.7 cm³/mol. The molecule has 3 N–H and O–H groups in total. The zero-order valence-corrected chi connectivity index (χ0v) is 13.3. The normalized spacial score (nSPS) is 11.0. The Hall–Kier alpha value is -2.77.